The van der Waals surface area contributed by atoms with E-state index in [1.807, 2.05) is 18.2 Å². The summed E-state index contributed by atoms with van der Waals surface area (Å²) < 4.78 is 0. The Balaban J connectivity index is 2.15. The van der Waals surface area contributed by atoms with Crippen LogP contribution in [0, 0.1) is 0 Å². The fourth-order valence-electron chi connectivity index (χ4n) is 1.39. The number of carbonyl (C=O) groups excluding carboxylic acids is 2. The van der Waals surface area contributed by atoms with E-state index < -0.39 is 0 Å². The predicted molar refractivity (Wildman–Crippen MR) is 71.7 cm³/mol. The van der Waals surface area contributed by atoms with Crippen molar-refractivity contribution in [3.8, 4) is 0 Å². The van der Waals surface area contributed by atoms with Crippen LogP contribution in [-0.2, 0) is 4.79 Å². The number of hydrogen-bond acceptors (Lipinski definition) is 2. The molecule has 0 aliphatic heterocycles. The quantitative estimate of drug-likeness (QED) is 0.582. The van der Waals surface area contributed by atoms with E-state index in [0.717, 1.165) is 0 Å². The maximum Gasteiger partial charge on any atom is 0.251 e. The molecule has 1 aromatic carbocycles. The topological polar surface area (TPSA) is 58.2 Å². The second kappa shape index (κ2) is 8.53. The van der Waals surface area contributed by atoms with Gasteiger partial charge in [0.25, 0.3) is 5.91 Å². The van der Waals surface area contributed by atoms with Crippen molar-refractivity contribution in [2.75, 3.05) is 19.0 Å². The van der Waals surface area contributed by atoms with E-state index >= 15 is 0 Å². The van der Waals surface area contributed by atoms with Crippen LogP contribution in [0.5, 0.6) is 0 Å². The van der Waals surface area contributed by atoms with Gasteiger partial charge < -0.3 is 10.6 Å². The smallest absolute Gasteiger partial charge is 0.251 e. The molecular formula is C13H17ClN2O2. The lowest BCUT2D eigenvalue weighted by Gasteiger charge is -2.06. The molecule has 0 radical (unpaired) electrons. The van der Waals surface area contributed by atoms with Gasteiger partial charge in [-0.2, -0.15) is 0 Å². The number of carbonyl (C=O) groups is 2. The average Bonchev–Trinajstić information content (AvgIpc) is 2.42. The van der Waals surface area contributed by atoms with Gasteiger partial charge in [-0.05, 0) is 18.6 Å². The van der Waals surface area contributed by atoms with Crippen molar-refractivity contribution in [1.82, 2.24) is 10.6 Å². The van der Waals surface area contributed by atoms with Gasteiger partial charge in [0.15, 0.2) is 0 Å². The minimum absolute atomic E-state index is 0.0374. The maximum atomic E-state index is 11.6. The number of halogens is 1. The predicted octanol–water partition coefficient (Wildman–Crippen LogP) is 1.55. The normalized spacial score (nSPS) is 9.83. The largest absolute Gasteiger partial charge is 0.354 e. The molecule has 4 nitrogen and oxygen atoms in total. The Morgan fingerprint density at radius 1 is 1.06 bits per heavy atom. The van der Waals surface area contributed by atoms with E-state index in [2.05, 4.69) is 10.6 Å². The lowest BCUT2D eigenvalue weighted by Crippen LogP contribution is -2.34. The summed E-state index contributed by atoms with van der Waals surface area (Å²) in [7, 11) is 0. The van der Waals surface area contributed by atoms with Gasteiger partial charge >= 0.3 is 0 Å². The Kier molecular flexibility index (Phi) is 6.87. The molecule has 2 amide bonds. The van der Waals surface area contributed by atoms with E-state index in [4.69, 9.17) is 11.6 Å². The summed E-state index contributed by atoms with van der Waals surface area (Å²) in [6.45, 7) is 0.847. The third kappa shape index (κ3) is 5.68. The minimum Gasteiger partial charge on any atom is -0.354 e. The zero-order valence-corrected chi connectivity index (χ0v) is 10.9. The van der Waals surface area contributed by atoms with Crippen molar-refractivity contribution >= 4 is 23.4 Å². The molecule has 1 aromatic rings. The molecule has 0 saturated heterocycles. The van der Waals surface area contributed by atoms with Crippen molar-refractivity contribution in [3.63, 3.8) is 0 Å². The summed E-state index contributed by atoms with van der Waals surface area (Å²) in [6, 6.07) is 8.96. The first-order valence-electron chi connectivity index (χ1n) is 5.90. The van der Waals surface area contributed by atoms with Gasteiger partial charge in [0, 0.05) is 31.0 Å². The van der Waals surface area contributed by atoms with Crippen LogP contribution in [0.4, 0.5) is 0 Å². The number of amides is 2. The van der Waals surface area contributed by atoms with E-state index in [0.29, 0.717) is 37.4 Å². The Morgan fingerprint density at radius 2 is 1.72 bits per heavy atom. The first-order chi connectivity index (χ1) is 8.74. The third-order valence-corrected chi connectivity index (χ3v) is 2.57. The molecule has 0 spiro atoms. The Hall–Kier alpha value is -1.55. The maximum absolute atomic E-state index is 11.6. The summed E-state index contributed by atoms with van der Waals surface area (Å²) in [6.07, 6.45) is 1.10. The number of benzene rings is 1. The Labute approximate surface area is 112 Å². The van der Waals surface area contributed by atoms with Gasteiger partial charge in [-0.1, -0.05) is 18.2 Å². The molecule has 0 bridgehead atoms. The second-order valence-electron chi connectivity index (χ2n) is 3.76. The van der Waals surface area contributed by atoms with Gasteiger partial charge in [-0.15, -0.1) is 11.6 Å². The number of alkyl halides is 1. The number of hydrogen-bond donors (Lipinski definition) is 2. The monoisotopic (exact) mass is 268 g/mol. The first kappa shape index (κ1) is 14.5. The molecule has 0 aromatic heterocycles. The Morgan fingerprint density at radius 3 is 2.39 bits per heavy atom. The molecular weight excluding hydrogens is 252 g/mol. The van der Waals surface area contributed by atoms with Crippen molar-refractivity contribution in [3.05, 3.63) is 35.9 Å². The molecule has 0 aliphatic carbocycles. The van der Waals surface area contributed by atoms with Gasteiger partial charge in [-0.3, -0.25) is 9.59 Å². The van der Waals surface area contributed by atoms with Gasteiger partial charge in [0.05, 0.1) is 0 Å². The SMILES string of the molecule is O=C(CCCCl)NCCNC(=O)c1ccccc1. The van der Waals surface area contributed by atoms with Crippen molar-refractivity contribution < 1.29 is 9.59 Å². The van der Waals surface area contributed by atoms with E-state index in [1.54, 1.807) is 12.1 Å². The van der Waals surface area contributed by atoms with Crippen LogP contribution < -0.4 is 10.6 Å². The minimum atomic E-state index is -0.134. The second-order valence-corrected chi connectivity index (χ2v) is 4.14. The van der Waals surface area contributed by atoms with E-state index in [-0.39, 0.29) is 11.8 Å². The zero-order chi connectivity index (χ0) is 13.2. The highest BCUT2D eigenvalue weighted by molar-refractivity contribution is 6.17. The van der Waals surface area contributed by atoms with Crippen LogP contribution in [-0.4, -0.2) is 30.8 Å². The lowest BCUT2D eigenvalue weighted by molar-refractivity contribution is -0.121. The van der Waals surface area contributed by atoms with E-state index in [1.165, 1.54) is 0 Å². The fourth-order valence-corrected chi connectivity index (χ4v) is 1.52. The molecule has 0 aliphatic rings. The zero-order valence-electron chi connectivity index (χ0n) is 10.1. The highest BCUT2D eigenvalue weighted by atomic mass is 35.5. The Bertz CT molecular complexity index is 382. The molecule has 1 rings (SSSR count). The number of nitrogens with one attached hydrogen (secondary N) is 2. The molecule has 2 N–H and O–H groups in total. The highest BCUT2D eigenvalue weighted by Crippen LogP contribution is 1.97. The van der Waals surface area contributed by atoms with Crippen molar-refractivity contribution in [2.45, 2.75) is 12.8 Å². The third-order valence-electron chi connectivity index (χ3n) is 2.31. The molecule has 0 unspecified atom stereocenters. The molecule has 98 valence electrons. The van der Waals surface area contributed by atoms with Crippen LogP contribution in [0.25, 0.3) is 0 Å². The van der Waals surface area contributed by atoms with Gasteiger partial charge in [-0.25, -0.2) is 0 Å². The summed E-state index contributed by atoms with van der Waals surface area (Å²) in [5.74, 6) is 0.313. The average molecular weight is 269 g/mol. The summed E-state index contributed by atoms with van der Waals surface area (Å²) in [5.41, 5.74) is 0.617. The molecule has 0 fully saturated rings. The first-order valence-corrected chi connectivity index (χ1v) is 6.43. The highest BCUT2D eigenvalue weighted by Gasteiger charge is 2.03. The van der Waals surface area contributed by atoms with Crippen LogP contribution in [0.2, 0.25) is 0 Å². The molecule has 0 saturated carbocycles. The van der Waals surface area contributed by atoms with Crippen LogP contribution in [0.3, 0.4) is 0 Å². The fraction of sp³-hybridized carbons (Fsp3) is 0.385. The van der Waals surface area contributed by atoms with Crippen molar-refractivity contribution in [1.29, 1.82) is 0 Å². The van der Waals surface area contributed by atoms with Gasteiger partial charge in [0.1, 0.15) is 0 Å². The van der Waals surface area contributed by atoms with Crippen LogP contribution in [0.1, 0.15) is 23.2 Å². The molecule has 0 atom stereocenters. The standard InChI is InChI=1S/C13H17ClN2O2/c14-8-4-7-12(17)15-9-10-16-13(18)11-5-2-1-3-6-11/h1-3,5-6H,4,7-10H2,(H,15,17)(H,16,18). The molecule has 0 heterocycles. The van der Waals surface area contributed by atoms with Crippen LogP contribution in [0.15, 0.2) is 30.3 Å². The van der Waals surface area contributed by atoms with Crippen LogP contribution >= 0.6 is 11.6 Å². The molecule has 18 heavy (non-hydrogen) atoms. The number of rotatable bonds is 7. The lowest BCUT2D eigenvalue weighted by atomic mass is 10.2. The molecule has 5 heteroatoms. The summed E-state index contributed by atoms with van der Waals surface area (Å²) >= 11 is 5.48. The summed E-state index contributed by atoms with van der Waals surface area (Å²) in [4.78, 5) is 22.9. The van der Waals surface area contributed by atoms with Gasteiger partial charge in [0.2, 0.25) is 5.91 Å². The summed E-state index contributed by atoms with van der Waals surface area (Å²) in [5, 5.41) is 5.44. The van der Waals surface area contributed by atoms with E-state index in [9.17, 15) is 9.59 Å². The van der Waals surface area contributed by atoms with Crippen molar-refractivity contribution in [2.24, 2.45) is 0 Å².